The molecule has 0 aromatic rings. The summed E-state index contributed by atoms with van der Waals surface area (Å²) in [6.07, 6.45) is 2.57. The van der Waals surface area contributed by atoms with Crippen LogP contribution >= 0.6 is 0 Å². The lowest BCUT2D eigenvalue weighted by Gasteiger charge is -2.31. The zero-order chi connectivity index (χ0) is 12.1. The van der Waals surface area contributed by atoms with Gasteiger partial charge in [0.1, 0.15) is 6.04 Å². The Morgan fingerprint density at radius 1 is 1.24 bits per heavy atom. The van der Waals surface area contributed by atoms with E-state index in [0.717, 1.165) is 52.1 Å². The van der Waals surface area contributed by atoms with E-state index in [1.807, 2.05) is 4.90 Å². The third-order valence-electron chi connectivity index (χ3n) is 3.57. The topological polar surface area (TPSA) is 59.4 Å². The van der Waals surface area contributed by atoms with Crippen LogP contribution < -0.4 is 5.32 Å². The molecule has 0 bridgehead atoms. The lowest BCUT2D eigenvalue weighted by Crippen LogP contribution is -2.49. The van der Waals surface area contributed by atoms with Gasteiger partial charge in [0.25, 0.3) is 0 Å². The normalized spacial score (nSPS) is 23.4. The maximum atomic E-state index is 12.0. The molecule has 17 heavy (non-hydrogen) atoms. The van der Waals surface area contributed by atoms with Crippen molar-refractivity contribution in [2.45, 2.75) is 25.3 Å². The van der Waals surface area contributed by atoms with E-state index in [9.17, 15) is 10.1 Å². The van der Waals surface area contributed by atoms with Crippen molar-refractivity contribution in [1.29, 1.82) is 5.26 Å². The smallest absolute Gasteiger partial charge is 0.225 e. The number of hydrogen-bond acceptors (Lipinski definition) is 4. The Labute approximate surface area is 102 Å². The van der Waals surface area contributed by atoms with Gasteiger partial charge in [0.15, 0.2) is 0 Å². The van der Waals surface area contributed by atoms with Crippen molar-refractivity contribution in [3.05, 3.63) is 0 Å². The lowest BCUT2D eigenvalue weighted by molar-refractivity contribution is -0.131. The minimum Gasteiger partial charge on any atom is -0.343 e. The summed E-state index contributed by atoms with van der Waals surface area (Å²) < 4.78 is 0. The minimum atomic E-state index is -0.245. The molecule has 0 saturated carbocycles. The van der Waals surface area contributed by atoms with E-state index in [2.05, 4.69) is 16.3 Å². The van der Waals surface area contributed by atoms with Gasteiger partial charge in [0.05, 0.1) is 12.5 Å². The highest BCUT2D eigenvalue weighted by atomic mass is 16.2. The molecule has 0 aliphatic carbocycles. The molecule has 94 valence electrons. The molecule has 2 aliphatic heterocycles. The molecule has 0 aromatic heterocycles. The van der Waals surface area contributed by atoms with Crippen LogP contribution in [-0.2, 0) is 4.79 Å². The second-order valence-electron chi connectivity index (χ2n) is 4.72. The Kier molecular flexibility index (Phi) is 4.35. The Morgan fingerprint density at radius 2 is 1.88 bits per heavy atom. The fraction of sp³-hybridized carbons (Fsp3) is 0.833. The number of nitrogens with zero attached hydrogens (tertiary/aromatic N) is 3. The molecule has 0 radical (unpaired) electrons. The highest BCUT2D eigenvalue weighted by molar-refractivity contribution is 5.77. The summed E-state index contributed by atoms with van der Waals surface area (Å²) in [6.45, 7) is 5.31. The Hall–Kier alpha value is -1.12. The molecular formula is C12H20N4O. The number of rotatable bonds is 3. The number of nitriles is 1. The fourth-order valence-corrected chi connectivity index (χ4v) is 2.51. The van der Waals surface area contributed by atoms with Gasteiger partial charge in [0, 0.05) is 39.3 Å². The summed E-state index contributed by atoms with van der Waals surface area (Å²) in [4.78, 5) is 16.0. The van der Waals surface area contributed by atoms with Gasteiger partial charge >= 0.3 is 0 Å². The maximum absolute atomic E-state index is 12.0. The average molecular weight is 236 g/mol. The third-order valence-corrected chi connectivity index (χ3v) is 3.57. The SMILES string of the molecule is N#CC(CC(=O)N1CCCC1)N1CCNCC1. The lowest BCUT2D eigenvalue weighted by atomic mass is 10.1. The molecule has 2 aliphatic rings. The molecule has 1 unspecified atom stereocenters. The number of piperazine rings is 1. The van der Waals surface area contributed by atoms with Crippen LogP contribution in [0.1, 0.15) is 19.3 Å². The molecule has 2 heterocycles. The van der Waals surface area contributed by atoms with Crippen molar-refractivity contribution in [2.24, 2.45) is 0 Å². The molecule has 2 rings (SSSR count). The van der Waals surface area contributed by atoms with E-state index < -0.39 is 0 Å². The average Bonchev–Trinajstić information content (AvgIpc) is 2.90. The molecule has 2 saturated heterocycles. The molecule has 5 heteroatoms. The van der Waals surface area contributed by atoms with E-state index in [1.54, 1.807) is 0 Å². The van der Waals surface area contributed by atoms with E-state index in [0.29, 0.717) is 6.42 Å². The summed E-state index contributed by atoms with van der Waals surface area (Å²) in [7, 11) is 0. The summed E-state index contributed by atoms with van der Waals surface area (Å²) in [5, 5.41) is 12.4. The molecule has 2 fully saturated rings. The summed E-state index contributed by atoms with van der Waals surface area (Å²) >= 11 is 0. The van der Waals surface area contributed by atoms with E-state index in [-0.39, 0.29) is 11.9 Å². The van der Waals surface area contributed by atoms with E-state index in [4.69, 9.17) is 0 Å². The highest BCUT2D eigenvalue weighted by Gasteiger charge is 2.26. The van der Waals surface area contributed by atoms with Crippen LogP contribution in [0.25, 0.3) is 0 Å². The third kappa shape index (κ3) is 3.18. The largest absolute Gasteiger partial charge is 0.343 e. The summed E-state index contributed by atoms with van der Waals surface area (Å²) in [5.74, 6) is 0.146. The fourth-order valence-electron chi connectivity index (χ4n) is 2.51. The zero-order valence-electron chi connectivity index (χ0n) is 10.2. The van der Waals surface area contributed by atoms with Crippen molar-refractivity contribution < 1.29 is 4.79 Å². The maximum Gasteiger partial charge on any atom is 0.225 e. The van der Waals surface area contributed by atoms with Crippen LogP contribution in [0.2, 0.25) is 0 Å². The molecule has 0 spiro atoms. The number of amides is 1. The molecule has 1 atom stereocenters. The summed E-state index contributed by atoms with van der Waals surface area (Å²) in [6, 6.07) is 2.03. The van der Waals surface area contributed by atoms with Crippen molar-refractivity contribution in [1.82, 2.24) is 15.1 Å². The second kappa shape index (κ2) is 5.99. The predicted octanol–water partition coefficient (Wildman–Crippen LogP) is -0.204. The van der Waals surface area contributed by atoms with Crippen LogP contribution in [-0.4, -0.2) is 61.0 Å². The van der Waals surface area contributed by atoms with Gasteiger partial charge in [-0.3, -0.25) is 9.69 Å². The second-order valence-corrected chi connectivity index (χ2v) is 4.72. The Bertz CT molecular complexity index is 300. The standard InChI is InChI=1S/C12H20N4O/c13-10-11(15-7-3-14-4-8-15)9-12(17)16-5-1-2-6-16/h11,14H,1-9H2. The van der Waals surface area contributed by atoms with Gasteiger partial charge in [-0.1, -0.05) is 0 Å². The number of hydrogen-bond donors (Lipinski definition) is 1. The molecule has 5 nitrogen and oxygen atoms in total. The molecular weight excluding hydrogens is 216 g/mol. The van der Waals surface area contributed by atoms with Gasteiger partial charge in [0.2, 0.25) is 5.91 Å². The molecule has 1 N–H and O–H groups in total. The van der Waals surface area contributed by atoms with Crippen LogP contribution in [0.3, 0.4) is 0 Å². The zero-order valence-corrected chi connectivity index (χ0v) is 10.2. The van der Waals surface area contributed by atoms with Crippen LogP contribution in [0.15, 0.2) is 0 Å². The number of nitrogens with one attached hydrogen (secondary N) is 1. The highest BCUT2D eigenvalue weighted by Crippen LogP contribution is 2.12. The van der Waals surface area contributed by atoms with Crippen molar-refractivity contribution >= 4 is 5.91 Å². The quantitative estimate of drug-likeness (QED) is 0.737. The minimum absolute atomic E-state index is 0.146. The van der Waals surface area contributed by atoms with E-state index >= 15 is 0 Å². The van der Waals surface area contributed by atoms with E-state index in [1.165, 1.54) is 0 Å². The first-order valence-corrected chi connectivity index (χ1v) is 6.43. The summed E-state index contributed by atoms with van der Waals surface area (Å²) in [5.41, 5.74) is 0. The number of carbonyl (C=O) groups excluding carboxylic acids is 1. The Balaban J connectivity index is 1.85. The van der Waals surface area contributed by atoms with Crippen LogP contribution in [0.5, 0.6) is 0 Å². The van der Waals surface area contributed by atoms with Crippen molar-refractivity contribution in [2.75, 3.05) is 39.3 Å². The van der Waals surface area contributed by atoms with Crippen LogP contribution in [0.4, 0.5) is 0 Å². The molecule has 0 aromatic carbocycles. The Morgan fingerprint density at radius 3 is 2.47 bits per heavy atom. The first-order valence-electron chi connectivity index (χ1n) is 6.43. The number of likely N-dealkylation sites (tertiary alicyclic amines) is 1. The monoisotopic (exact) mass is 236 g/mol. The first-order chi connectivity index (χ1) is 8.31. The predicted molar refractivity (Wildman–Crippen MR) is 64.3 cm³/mol. The van der Waals surface area contributed by atoms with Crippen LogP contribution in [0, 0.1) is 11.3 Å². The van der Waals surface area contributed by atoms with Gasteiger partial charge in [-0.15, -0.1) is 0 Å². The van der Waals surface area contributed by atoms with Crippen molar-refractivity contribution in [3.63, 3.8) is 0 Å². The van der Waals surface area contributed by atoms with Gasteiger partial charge in [-0.2, -0.15) is 5.26 Å². The molecule has 1 amide bonds. The van der Waals surface area contributed by atoms with Gasteiger partial charge in [-0.05, 0) is 12.8 Å². The van der Waals surface area contributed by atoms with Gasteiger partial charge < -0.3 is 10.2 Å². The first kappa shape index (κ1) is 12.3. The number of carbonyl (C=O) groups is 1. The van der Waals surface area contributed by atoms with Gasteiger partial charge in [-0.25, -0.2) is 0 Å². The van der Waals surface area contributed by atoms with Crippen molar-refractivity contribution in [3.8, 4) is 6.07 Å².